The number of benzene rings is 3. The zero-order valence-corrected chi connectivity index (χ0v) is 32.3. The number of hydrogen-bond donors (Lipinski definition) is 3. The molecular formula is C43H52N4O7S. The highest BCUT2D eigenvalue weighted by molar-refractivity contribution is 7.99. The Bertz CT molecular complexity index is 1790. The van der Waals surface area contributed by atoms with Gasteiger partial charge in [-0.05, 0) is 99.6 Å². The van der Waals surface area contributed by atoms with Crippen molar-refractivity contribution in [2.75, 3.05) is 24.3 Å². The topological polar surface area (TPSA) is 145 Å². The number of methoxy groups -OCH3 is 1. The lowest BCUT2D eigenvalue weighted by atomic mass is 9.86. The molecule has 292 valence electrons. The van der Waals surface area contributed by atoms with Crippen molar-refractivity contribution in [3.8, 4) is 5.75 Å². The Kier molecular flexibility index (Phi) is 13.9. The standard InChI is InChI=1S/C43H52N4O7S/c1-54-37-20-9-8-17-34(37)46(35-18-10-11-25-44-40(35)49)41(50)32(28-30-15-6-3-7-16-30)23-22-31(27-29-13-4-2-5-14-29)39(48)45-33-24-26-55-38-21-12-19-36(43(52)53)47(38)42(33)51/h2-9,13-17,20,31-33,35-36,38H,10-12,18-19,21-28H2,1H3,(H,44,49)(H,45,48)(H,52,53)/t31-,32-,33?,35?,36?,38?/m1/s1. The van der Waals surface area contributed by atoms with Gasteiger partial charge in [-0.2, -0.15) is 0 Å². The molecule has 0 saturated carbocycles. The minimum absolute atomic E-state index is 0.205. The van der Waals surface area contributed by atoms with Crippen LogP contribution in [-0.4, -0.2) is 82.5 Å². The monoisotopic (exact) mass is 768 g/mol. The van der Waals surface area contributed by atoms with Gasteiger partial charge < -0.3 is 25.4 Å². The number of carboxylic acids is 1. The minimum Gasteiger partial charge on any atom is -0.495 e. The van der Waals surface area contributed by atoms with E-state index in [0.29, 0.717) is 68.7 Å². The highest BCUT2D eigenvalue weighted by Crippen LogP contribution is 2.36. The Balaban J connectivity index is 1.30. The van der Waals surface area contributed by atoms with E-state index in [-0.39, 0.29) is 29.0 Å². The molecule has 3 N–H and O–H groups in total. The molecule has 3 saturated heterocycles. The summed E-state index contributed by atoms with van der Waals surface area (Å²) in [6, 6.07) is 24.2. The van der Waals surface area contributed by atoms with E-state index in [9.17, 15) is 24.3 Å². The van der Waals surface area contributed by atoms with Gasteiger partial charge in [0.05, 0.1) is 18.2 Å². The maximum Gasteiger partial charge on any atom is 0.326 e. The molecule has 3 aromatic carbocycles. The summed E-state index contributed by atoms with van der Waals surface area (Å²) in [7, 11) is 1.55. The summed E-state index contributed by atoms with van der Waals surface area (Å²) in [5.41, 5.74) is 2.43. The first-order valence-corrected chi connectivity index (χ1v) is 20.6. The summed E-state index contributed by atoms with van der Waals surface area (Å²) in [6.07, 6.45) is 5.79. The first kappa shape index (κ1) is 39.8. The number of para-hydroxylation sites is 2. The number of nitrogens with one attached hydrogen (secondary N) is 2. The van der Waals surface area contributed by atoms with Crippen LogP contribution in [0.3, 0.4) is 0 Å². The average molecular weight is 769 g/mol. The van der Waals surface area contributed by atoms with E-state index in [0.717, 1.165) is 36.8 Å². The van der Waals surface area contributed by atoms with Crippen molar-refractivity contribution in [3.63, 3.8) is 0 Å². The van der Waals surface area contributed by atoms with Crippen molar-refractivity contribution in [1.29, 1.82) is 0 Å². The Morgan fingerprint density at radius 1 is 0.855 bits per heavy atom. The van der Waals surface area contributed by atoms with E-state index < -0.39 is 35.9 Å². The average Bonchev–Trinajstić information content (AvgIpc) is 3.51. The van der Waals surface area contributed by atoms with Crippen LogP contribution in [0.25, 0.3) is 0 Å². The maximum atomic E-state index is 15.1. The van der Waals surface area contributed by atoms with E-state index >= 15 is 4.79 Å². The summed E-state index contributed by atoms with van der Waals surface area (Å²) >= 11 is 1.58. The smallest absolute Gasteiger partial charge is 0.326 e. The van der Waals surface area contributed by atoms with Crippen molar-refractivity contribution >= 4 is 47.0 Å². The van der Waals surface area contributed by atoms with Gasteiger partial charge in [-0.3, -0.25) is 24.1 Å². The molecule has 11 nitrogen and oxygen atoms in total. The minimum atomic E-state index is -1.02. The molecule has 0 spiro atoms. The molecule has 55 heavy (non-hydrogen) atoms. The second kappa shape index (κ2) is 19.2. The number of carbonyl (C=O) groups excluding carboxylic acids is 4. The summed E-state index contributed by atoms with van der Waals surface area (Å²) in [6.45, 7) is 0.546. The number of piperidine rings is 1. The number of fused-ring (bicyclic) bond motifs is 1. The fourth-order valence-electron chi connectivity index (χ4n) is 8.19. The molecule has 3 aliphatic heterocycles. The van der Waals surface area contributed by atoms with E-state index in [2.05, 4.69) is 10.6 Å². The van der Waals surface area contributed by atoms with Crippen LogP contribution in [0.5, 0.6) is 5.75 Å². The number of anilines is 1. The highest BCUT2D eigenvalue weighted by Gasteiger charge is 2.44. The molecule has 0 aromatic heterocycles. The van der Waals surface area contributed by atoms with Crippen molar-refractivity contribution in [3.05, 3.63) is 96.1 Å². The fraction of sp³-hybridized carbons (Fsp3) is 0.465. The third-order valence-corrected chi connectivity index (χ3v) is 12.4. The molecule has 3 aromatic rings. The number of rotatable bonds is 14. The van der Waals surface area contributed by atoms with Crippen LogP contribution in [0.1, 0.15) is 68.9 Å². The number of aliphatic carboxylic acids is 1. The van der Waals surface area contributed by atoms with E-state index in [4.69, 9.17) is 4.74 Å². The number of nitrogens with zero attached hydrogens (tertiary/aromatic N) is 2. The third kappa shape index (κ3) is 9.89. The molecule has 3 aliphatic rings. The number of thioether (sulfide) groups is 1. The predicted molar refractivity (Wildman–Crippen MR) is 213 cm³/mol. The second-order valence-electron chi connectivity index (χ2n) is 14.7. The van der Waals surface area contributed by atoms with Crippen molar-refractivity contribution in [2.24, 2.45) is 11.8 Å². The van der Waals surface area contributed by atoms with Crippen molar-refractivity contribution in [2.45, 2.75) is 94.1 Å². The second-order valence-corrected chi connectivity index (χ2v) is 16.0. The van der Waals surface area contributed by atoms with Crippen LogP contribution in [-0.2, 0) is 36.8 Å². The molecule has 0 radical (unpaired) electrons. The summed E-state index contributed by atoms with van der Waals surface area (Å²) in [5.74, 6) is -2.18. The number of amides is 4. The number of ether oxygens (including phenoxy) is 1. The number of hydrogen-bond acceptors (Lipinski definition) is 7. The van der Waals surface area contributed by atoms with E-state index in [1.54, 1.807) is 29.8 Å². The normalized spacial score (nSPS) is 22.5. The SMILES string of the molecule is COc1ccccc1N(C(=O)[C@H](CC[C@H](Cc1ccccc1)C(=O)NC1CCSC2CCCC(C(=O)O)N2C1=O)Cc1ccccc1)C1CCCCNC1=O. The van der Waals surface area contributed by atoms with Crippen LogP contribution in [0.4, 0.5) is 5.69 Å². The van der Waals surface area contributed by atoms with Crippen molar-refractivity contribution < 1.29 is 33.8 Å². The first-order chi connectivity index (χ1) is 26.7. The van der Waals surface area contributed by atoms with Gasteiger partial charge in [-0.25, -0.2) is 4.79 Å². The molecule has 4 amide bonds. The lowest BCUT2D eigenvalue weighted by Crippen LogP contribution is -2.57. The zero-order valence-electron chi connectivity index (χ0n) is 31.4. The Morgan fingerprint density at radius 3 is 2.20 bits per heavy atom. The molecule has 12 heteroatoms. The molecule has 3 heterocycles. The van der Waals surface area contributed by atoms with Gasteiger partial charge >= 0.3 is 5.97 Å². The summed E-state index contributed by atoms with van der Waals surface area (Å²) in [4.78, 5) is 72.4. The van der Waals surface area contributed by atoms with Gasteiger partial charge in [0.15, 0.2) is 0 Å². The lowest BCUT2D eigenvalue weighted by Gasteiger charge is -2.39. The van der Waals surface area contributed by atoms with Gasteiger partial charge in [0.25, 0.3) is 0 Å². The number of carboxylic acid groups (broad SMARTS) is 1. The molecule has 3 fully saturated rings. The highest BCUT2D eigenvalue weighted by atomic mass is 32.2. The van der Waals surface area contributed by atoms with Gasteiger partial charge in [-0.1, -0.05) is 72.8 Å². The van der Waals surface area contributed by atoms with Crippen molar-refractivity contribution in [1.82, 2.24) is 15.5 Å². The lowest BCUT2D eigenvalue weighted by molar-refractivity contribution is -0.154. The molecule has 4 unspecified atom stereocenters. The first-order valence-electron chi connectivity index (χ1n) is 19.5. The van der Waals surface area contributed by atoms with Gasteiger partial charge in [0.1, 0.15) is 23.9 Å². The molecular weight excluding hydrogens is 717 g/mol. The number of carbonyl (C=O) groups is 5. The predicted octanol–water partition coefficient (Wildman–Crippen LogP) is 5.61. The van der Waals surface area contributed by atoms with Crippen LogP contribution in [0, 0.1) is 11.8 Å². The van der Waals surface area contributed by atoms with Gasteiger partial charge in [0, 0.05) is 18.4 Å². The van der Waals surface area contributed by atoms with Crippen LogP contribution in [0.15, 0.2) is 84.9 Å². The van der Waals surface area contributed by atoms with Gasteiger partial charge in [-0.15, -0.1) is 11.8 Å². The quantitative estimate of drug-likeness (QED) is 0.192. The zero-order chi connectivity index (χ0) is 38.7. The molecule has 6 rings (SSSR count). The Labute approximate surface area is 327 Å². The van der Waals surface area contributed by atoms with Crippen LogP contribution < -0.4 is 20.3 Å². The van der Waals surface area contributed by atoms with Gasteiger partial charge in [0.2, 0.25) is 23.6 Å². The molecule has 0 bridgehead atoms. The molecule has 6 atom stereocenters. The van der Waals surface area contributed by atoms with E-state index in [1.165, 1.54) is 4.90 Å². The van der Waals surface area contributed by atoms with Crippen LogP contribution >= 0.6 is 11.8 Å². The summed E-state index contributed by atoms with van der Waals surface area (Å²) < 4.78 is 5.73. The maximum absolute atomic E-state index is 15.1. The Hall–Kier alpha value is -4.84. The molecule has 0 aliphatic carbocycles. The largest absolute Gasteiger partial charge is 0.495 e. The summed E-state index contributed by atoms with van der Waals surface area (Å²) in [5, 5.41) is 15.8. The van der Waals surface area contributed by atoms with E-state index in [1.807, 2.05) is 78.9 Å². The third-order valence-electron chi connectivity index (χ3n) is 11.1. The van der Waals surface area contributed by atoms with Crippen LogP contribution in [0.2, 0.25) is 0 Å². The Morgan fingerprint density at radius 2 is 1.51 bits per heavy atom. The fourth-order valence-corrected chi connectivity index (χ4v) is 9.58.